The third kappa shape index (κ3) is 13.1. The maximum atomic E-state index is 6.23. The second-order valence-electron chi connectivity index (χ2n) is 12.6. The number of ether oxygens (including phenoxy) is 2. The van der Waals surface area contributed by atoms with Gasteiger partial charge in [-0.15, -0.1) is 0 Å². The van der Waals surface area contributed by atoms with Gasteiger partial charge < -0.3 is 9.47 Å². The fraction of sp³-hybridized carbons (Fsp3) is 0.684. The van der Waals surface area contributed by atoms with Crippen molar-refractivity contribution in [3.8, 4) is 11.5 Å². The lowest BCUT2D eigenvalue weighted by atomic mass is 10.1. The molecule has 4 nitrogen and oxygen atoms in total. The SMILES string of the molecule is CCN(CCCCCCCCCCCCN(CC)C(C)COc1c(C)cccc1C)C(C)COc1c(C)cccc1C. The molecule has 0 aliphatic carbocycles. The van der Waals surface area contributed by atoms with Crippen molar-refractivity contribution in [2.45, 2.75) is 132 Å². The lowest BCUT2D eigenvalue weighted by Crippen LogP contribution is -2.38. The minimum absolute atomic E-state index is 0.442. The number of nitrogens with zero attached hydrogens (tertiary/aromatic N) is 2. The molecule has 0 aliphatic rings. The molecule has 0 N–H and O–H groups in total. The maximum absolute atomic E-state index is 6.23. The number of hydrogen-bond acceptors (Lipinski definition) is 4. The van der Waals surface area contributed by atoms with Crippen LogP contribution in [-0.2, 0) is 0 Å². The van der Waals surface area contributed by atoms with Gasteiger partial charge in [-0.3, -0.25) is 9.80 Å². The second-order valence-corrected chi connectivity index (χ2v) is 12.6. The van der Waals surface area contributed by atoms with E-state index in [1.165, 1.54) is 99.6 Å². The summed E-state index contributed by atoms with van der Waals surface area (Å²) in [4.78, 5) is 5.15. The highest BCUT2D eigenvalue weighted by atomic mass is 16.5. The van der Waals surface area contributed by atoms with E-state index in [0.717, 1.165) is 37.8 Å². The molecule has 0 aliphatic heterocycles. The predicted octanol–water partition coefficient (Wildman–Crippen LogP) is 9.70. The van der Waals surface area contributed by atoms with Crippen LogP contribution < -0.4 is 9.47 Å². The molecule has 0 saturated carbocycles. The zero-order chi connectivity index (χ0) is 30.7. The Morgan fingerprint density at radius 2 is 0.786 bits per heavy atom. The van der Waals surface area contributed by atoms with Crippen LogP contribution in [0.1, 0.15) is 114 Å². The van der Waals surface area contributed by atoms with Crippen molar-refractivity contribution in [2.75, 3.05) is 39.4 Å². The van der Waals surface area contributed by atoms with Crippen LogP contribution in [0.4, 0.5) is 0 Å². The fourth-order valence-corrected chi connectivity index (χ4v) is 6.10. The van der Waals surface area contributed by atoms with Crippen molar-refractivity contribution in [1.82, 2.24) is 9.80 Å². The van der Waals surface area contributed by atoms with Crippen LogP contribution >= 0.6 is 0 Å². The van der Waals surface area contributed by atoms with Crippen molar-refractivity contribution >= 4 is 0 Å². The van der Waals surface area contributed by atoms with Gasteiger partial charge in [-0.1, -0.05) is 102 Å². The van der Waals surface area contributed by atoms with Gasteiger partial charge >= 0.3 is 0 Å². The highest BCUT2D eigenvalue weighted by Crippen LogP contribution is 2.24. The first-order valence-corrected chi connectivity index (χ1v) is 17.1. The van der Waals surface area contributed by atoms with E-state index in [0.29, 0.717) is 12.1 Å². The highest BCUT2D eigenvalue weighted by Gasteiger charge is 2.15. The minimum Gasteiger partial charge on any atom is -0.491 e. The van der Waals surface area contributed by atoms with Gasteiger partial charge in [0, 0.05) is 12.1 Å². The number of rotatable bonds is 23. The van der Waals surface area contributed by atoms with E-state index < -0.39 is 0 Å². The first-order valence-electron chi connectivity index (χ1n) is 17.1. The molecule has 238 valence electrons. The quantitative estimate of drug-likeness (QED) is 0.122. The van der Waals surface area contributed by atoms with Crippen LogP contribution in [0.2, 0.25) is 0 Å². The second kappa shape index (κ2) is 20.8. The van der Waals surface area contributed by atoms with Crippen molar-refractivity contribution in [1.29, 1.82) is 0 Å². The van der Waals surface area contributed by atoms with Crippen LogP contribution in [-0.4, -0.2) is 61.3 Å². The molecule has 0 heterocycles. The molecule has 0 fully saturated rings. The van der Waals surface area contributed by atoms with Gasteiger partial charge in [0.05, 0.1) is 0 Å². The van der Waals surface area contributed by atoms with Gasteiger partial charge in [-0.05, 0) is 103 Å². The predicted molar refractivity (Wildman–Crippen MR) is 182 cm³/mol. The number of hydrogen-bond donors (Lipinski definition) is 0. The third-order valence-electron chi connectivity index (χ3n) is 8.95. The van der Waals surface area contributed by atoms with E-state index in [1.54, 1.807) is 0 Å². The fourth-order valence-electron chi connectivity index (χ4n) is 6.10. The molecule has 0 amide bonds. The van der Waals surface area contributed by atoms with Crippen molar-refractivity contribution < 1.29 is 9.47 Å². The number of likely N-dealkylation sites (N-methyl/N-ethyl adjacent to an activating group) is 2. The average Bonchev–Trinajstić information content (AvgIpc) is 2.96. The Bertz CT molecular complexity index is 871. The number of para-hydroxylation sites is 2. The van der Waals surface area contributed by atoms with Crippen LogP contribution in [0.25, 0.3) is 0 Å². The van der Waals surface area contributed by atoms with Crippen molar-refractivity contribution in [3.05, 3.63) is 58.7 Å². The summed E-state index contributed by atoms with van der Waals surface area (Å²) in [7, 11) is 0. The van der Waals surface area contributed by atoms with Crippen molar-refractivity contribution in [3.63, 3.8) is 0 Å². The molecule has 2 aromatic rings. The molecule has 2 rings (SSSR count). The number of unbranched alkanes of at least 4 members (excludes halogenated alkanes) is 9. The van der Waals surface area contributed by atoms with Crippen LogP contribution in [0.3, 0.4) is 0 Å². The van der Waals surface area contributed by atoms with E-state index >= 15 is 0 Å². The average molecular weight is 581 g/mol. The number of benzene rings is 2. The zero-order valence-corrected chi connectivity index (χ0v) is 28.6. The summed E-state index contributed by atoms with van der Waals surface area (Å²) in [5.41, 5.74) is 4.92. The van der Waals surface area contributed by atoms with Gasteiger partial charge in [-0.2, -0.15) is 0 Å². The normalized spacial score (nSPS) is 13.1. The largest absolute Gasteiger partial charge is 0.491 e. The molecule has 2 unspecified atom stereocenters. The maximum Gasteiger partial charge on any atom is 0.125 e. The Morgan fingerprint density at radius 1 is 0.500 bits per heavy atom. The highest BCUT2D eigenvalue weighted by molar-refractivity contribution is 5.40. The summed E-state index contributed by atoms with van der Waals surface area (Å²) >= 11 is 0. The molecular weight excluding hydrogens is 516 g/mol. The standard InChI is InChI=1S/C38H64N2O2/c1-9-39(35(7)29-41-37-31(3)23-21-24-32(37)4)27-19-17-15-13-11-12-14-16-18-20-28-40(10-2)36(8)30-42-38-33(5)25-22-26-34(38)6/h21-26,35-36H,9-20,27-30H2,1-8H3. The van der Waals surface area contributed by atoms with Gasteiger partial charge in [0.1, 0.15) is 24.7 Å². The van der Waals surface area contributed by atoms with E-state index in [-0.39, 0.29) is 0 Å². The Labute approximate surface area is 260 Å². The lowest BCUT2D eigenvalue weighted by Gasteiger charge is -2.28. The third-order valence-corrected chi connectivity index (χ3v) is 8.95. The minimum atomic E-state index is 0.442. The molecule has 2 atom stereocenters. The topological polar surface area (TPSA) is 24.9 Å². The molecule has 0 saturated heterocycles. The summed E-state index contributed by atoms with van der Waals surface area (Å²) in [5, 5.41) is 0. The van der Waals surface area contributed by atoms with Gasteiger partial charge in [0.25, 0.3) is 0 Å². The van der Waals surface area contributed by atoms with E-state index in [9.17, 15) is 0 Å². The Kier molecular flexibility index (Phi) is 17.9. The summed E-state index contributed by atoms with van der Waals surface area (Å²) < 4.78 is 12.5. The monoisotopic (exact) mass is 580 g/mol. The molecule has 0 spiro atoms. The van der Waals surface area contributed by atoms with E-state index in [1.807, 2.05) is 0 Å². The number of aryl methyl sites for hydroxylation is 4. The lowest BCUT2D eigenvalue weighted by molar-refractivity contribution is 0.148. The van der Waals surface area contributed by atoms with Gasteiger partial charge in [0.15, 0.2) is 0 Å². The Balaban J connectivity index is 1.47. The van der Waals surface area contributed by atoms with Gasteiger partial charge in [0.2, 0.25) is 0 Å². The molecule has 0 bridgehead atoms. The van der Waals surface area contributed by atoms with E-state index in [2.05, 4.69) is 102 Å². The van der Waals surface area contributed by atoms with E-state index in [4.69, 9.17) is 9.47 Å². The zero-order valence-electron chi connectivity index (χ0n) is 28.6. The first-order chi connectivity index (χ1) is 20.3. The van der Waals surface area contributed by atoms with Crippen LogP contribution in [0.15, 0.2) is 36.4 Å². The van der Waals surface area contributed by atoms with Gasteiger partial charge in [-0.25, -0.2) is 0 Å². The summed E-state index contributed by atoms with van der Waals surface area (Å²) in [6, 6.07) is 13.6. The molecule has 2 aromatic carbocycles. The summed E-state index contributed by atoms with van der Waals surface area (Å²) in [5.74, 6) is 2.13. The Hall–Kier alpha value is -2.04. The Morgan fingerprint density at radius 3 is 1.07 bits per heavy atom. The molecule has 0 aromatic heterocycles. The van der Waals surface area contributed by atoms with Crippen molar-refractivity contribution in [2.24, 2.45) is 0 Å². The summed E-state index contributed by atoms with van der Waals surface area (Å²) in [6.07, 6.45) is 13.6. The van der Waals surface area contributed by atoms with Crippen LogP contribution in [0.5, 0.6) is 11.5 Å². The smallest absolute Gasteiger partial charge is 0.125 e. The first kappa shape index (κ1) is 36.2. The molecule has 0 radical (unpaired) electrons. The molecule has 4 heteroatoms. The molecular formula is C38H64N2O2. The van der Waals surface area contributed by atoms with Crippen LogP contribution in [0, 0.1) is 27.7 Å². The molecule has 42 heavy (non-hydrogen) atoms. The summed E-state index contributed by atoms with van der Waals surface area (Å²) in [6.45, 7) is 23.8.